The number of para-hydroxylation sites is 2. The lowest BCUT2D eigenvalue weighted by molar-refractivity contribution is 0.0402. The Morgan fingerprint density at radius 2 is 1.78 bits per heavy atom. The summed E-state index contributed by atoms with van der Waals surface area (Å²) in [5, 5.41) is 10.6. The van der Waals surface area contributed by atoms with Crippen LogP contribution in [0.15, 0.2) is 53.5 Å². The average Bonchev–Trinajstić information content (AvgIpc) is 2.39. The van der Waals surface area contributed by atoms with Crippen molar-refractivity contribution in [3.05, 3.63) is 59.1 Å². The van der Waals surface area contributed by atoms with Crippen LogP contribution in [0.3, 0.4) is 0 Å². The van der Waals surface area contributed by atoms with Crippen LogP contribution in [-0.2, 0) is 0 Å². The van der Waals surface area contributed by atoms with Gasteiger partial charge in [-0.05, 0) is 24.3 Å². The first-order chi connectivity index (χ1) is 8.74. The monoisotopic (exact) mass is 259 g/mol. The normalized spacial score (nSPS) is 17.7. The minimum absolute atomic E-state index is 0.491. The molecule has 1 atom stereocenters. The quantitative estimate of drug-likeness (QED) is 0.855. The number of hydrogen-bond donors (Lipinski definition) is 1. The van der Waals surface area contributed by atoms with E-state index in [9.17, 15) is 5.11 Å². The molecule has 1 N–H and O–H groups in total. The van der Waals surface area contributed by atoms with E-state index in [2.05, 4.69) is 4.99 Å². The fraction of sp³-hybridized carbons (Fsp3) is 0.0714. The summed E-state index contributed by atoms with van der Waals surface area (Å²) in [6.07, 6.45) is -1.05. The topological polar surface area (TPSA) is 41.8 Å². The van der Waals surface area contributed by atoms with Crippen molar-refractivity contribution in [2.45, 2.75) is 6.29 Å². The van der Waals surface area contributed by atoms with Crippen LogP contribution in [-0.4, -0.2) is 17.1 Å². The Labute approximate surface area is 109 Å². The van der Waals surface area contributed by atoms with E-state index < -0.39 is 6.29 Å². The number of nitrogens with zero attached hydrogens (tertiary/aromatic N) is 1. The zero-order valence-corrected chi connectivity index (χ0v) is 10.1. The fourth-order valence-corrected chi connectivity index (χ4v) is 1.96. The maximum absolute atomic E-state index is 9.95. The Bertz CT molecular complexity index is 607. The molecule has 3 rings (SSSR count). The highest BCUT2D eigenvalue weighted by Crippen LogP contribution is 2.32. The summed E-state index contributed by atoms with van der Waals surface area (Å²) in [5.74, 6) is 0.586. The summed E-state index contributed by atoms with van der Waals surface area (Å²) in [6, 6.07) is 14.5. The minimum atomic E-state index is -1.05. The zero-order valence-electron chi connectivity index (χ0n) is 9.38. The van der Waals surface area contributed by atoms with Gasteiger partial charge in [-0.25, -0.2) is 4.99 Å². The Balaban J connectivity index is 2.07. The van der Waals surface area contributed by atoms with Crippen molar-refractivity contribution < 1.29 is 9.84 Å². The van der Waals surface area contributed by atoms with E-state index in [0.717, 1.165) is 5.56 Å². The van der Waals surface area contributed by atoms with E-state index >= 15 is 0 Å². The van der Waals surface area contributed by atoms with Gasteiger partial charge in [-0.2, -0.15) is 0 Å². The second-order valence-corrected chi connectivity index (χ2v) is 4.38. The first-order valence-electron chi connectivity index (χ1n) is 5.52. The Morgan fingerprint density at radius 3 is 2.56 bits per heavy atom. The lowest BCUT2D eigenvalue weighted by atomic mass is 10.1. The van der Waals surface area contributed by atoms with Gasteiger partial charge in [-0.1, -0.05) is 35.9 Å². The molecule has 4 heteroatoms. The summed E-state index contributed by atoms with van der Waals surface area (Å²) in [4.78, 5) is 4.42. The van der Waals surface area contributed by atoms with E-state index in [1.807, 2.05) is 30.3 Å². The van der Waals surface area contributed by atoms with Gasteiger partial charge in [0.05, 0.1) is 0 Å². The molecule has 0 saturated carbocycles. The van der Waals surface area contributed by atoms with E-state index in [0.29, 0.717) is 22.2 Å². The molecule has 1 aliphatic heterocycles. The summed E-state index contributed by atoms with van der Waals surface area (Å²) >= 11 is 5.83. The van der Waals surface area contributed by atoms with E-state index in [-0.39, 0.29) is 0 Å². The van der Waals surface area contributed by atoms with Crippen LogP contribution >= 0.6 is 11.6 Å². The predicted molar refractivity (Wildman–Crippen MR) is 70.7 cm³/mol. The van der Waals surface area contributed by atoms with Crippen molar-refractivity contribution in [1.29, 1.82) is 0 Å². The van der Waals surface area contributed by atoms with Crippen molar-refractivity contribution >= 4 is 23.0 Å². The van der Waals surface area contributed by atoms with Crippen molar-refractivity contribution in [3.63, 3.8) is 0 Å². The Kier molecular flexibility index (Phi) is 2.78. The van der Waals surface area contributed by atoms with Gasteiger partial charge in [0.2, 0.25) is 6.29 Å². The van der Waals surface area contributed by atoms with E-state index in [4.69, 9.17) is 16.3 Å². The highest BCUT2D eigenvalue weighted by molar-refractivity contribution is 6.30. The smallest absolute Gasteiger partial charge is 0.242 e. The zero-order chi connectivity index (χ0) is 12.5. The van der Waals surface area contributed by atoms with Gasteiger partial charge < -0.3 is 9.84 Å². The standard InChI is InChI=1S/C14H10ClNO2/c15-10-7-5-9(6-8-10)13-14(17)18-12-4-2-1-3-11(12)16-13/h1-8,14,17H. The molecule has 0 fully saturated rings. The fourth-order valence-electron chi connectivity index (χ4n) is 1.84. The number of halogens is 1. The lowest BCUT2D eigenvalue weighted by Gasteiger charge is -2.22. The third kappa shape index (κ3) is 1.98. The van der Waals surface area contributed by atoms with Crippen LogP contribution < -0.4 is 4.74 Å². The summed E-state index contributed by atoms with van der Waals surface area (Å²) < 4.78 is 5.42. The molecule has 0 spiro atoms. The molecule has 2 aromatic carbocycles. The summed E-state index contributed by atoms with van der Waals surface area (Å²) in [5.41, 5.74) is 2.00. The number of aliphatic imine (C=N–C) groups is 1. The third-order valence-electron chi connectivity index (χ3n) is 2.72. The van der Waals surface area contributed by atoms with Gasteiger partial charge in [0.1, 0.15) is 17.1 Å². The number of hydrogen-bond acceptors (Lipinski definition) is 3. The predicted octanol–water partition coefficient (Wildman–Crippen LogP) is 3.17. The van der Waals surface area contributed by atoms with Gasteiger partial charge >= 0.3 is 0 Å². The number of aliphatic hydroxyl groups excluding tert-OH is 1. The van der Waals surface area contributed by atoms with Crippen LogP contribution in [0.4, 0.5) is 5.69 Å². The number of benzene rings is 2. The number of ether oxygens (including phenoxy) is 1. The van der Waals surface area contributed by atoms with Crippen LogP contribution in [0.1, 0.15) is 5.56 Å². The van der Waals surface area contributed by atoms with Crippen LogP contribution in [0, 0.1) is 0 Å². The second kappa shape index (κ2) is 4.44. The molecule has 1 heterocycles. The molecule has 0 amide bonds. The van der Waals surface area contributed by atoms with Crippen molar-refractivity contribution in [1.82, 2.24) is 0 Å². The maximum Gasteiger partial charge on any atom is 0.242 e. The van der Waals surface area contributed by atoms with Crippen LogP contribution in [0.2, 0.25) is 5.02 Å². The molecule has 18 heavy (non-hydrogen) atoms. The molecule has 0 radical (unpaired) electrons. The van der Waals surface area contributed by atoms with Gasteiger partial charge in [0, 0.05) is 10.6 Å². The number of fused-ring (bicyclic) bond motifs is 1. The highest BCUT2D eigenvalue weighted by atomic mass is 35.5. The maximum atomic E-state index is 9.95. The SMILES string of the molecule is OC1Oc2ccccc2N=C1c1ccc(Cl)cc1. The molecular formula is C14H10ClNO2. The van der Waals surface area contributed by atoms with Crippen LogP contribution in [0.5, 0.6) is 5.75 Å². The van der Waals surface area contributed by atoms with Crippen molar-refractivity contribution in [2.75, 3.05) is 0 Å². The molecule has 1 aliphatic rings. The minimum Gasteiger partial charge on any atom is -0.457 e. The van der Waals surface area contributed by atoms with E-state index in [1.165, 1.54) is 0 Å². The average molecular weight is 260 g/mol. The van der Waals surface area contributed by atoms with Gasteiger partial charge in [0.15, 0.2) is 0 Å². The Morgan fingerprint density at radius 1 is 1.06 bits per heavy atom. The molecule has 90 valence electrons. The van der Waals surface area contributed by atoms with Gasteiger partial charge in [0.25, 0.3) is 0 Å². The molecule has 0 saturated heterocycles. The first-order valence-corrected chi connectivity index (χ1v) is 5.90. The molecule has 0 aliphatic carbocycles. The number of rotatable bonds is 1. The van der Waals surface area contributed by atoms with Gasteiger partial charge in [-0.15, -0.1) is 0 Å². The Hall–Kier alpha value is -1.84. The summed E-state index contributed by atoms with van der Waals surface area (Å²) in [6.45, 7) is 0. The molecular weight excluding hydrogens is 250 g/mol. The molecule has 2 aromatic rings. The third-order valence-corrected chi connectivity index (χ3v) is 2.97. The first kappa shape index (κ1) is 11.3. The second-order valence-electron chi connectivity index (χ2n) is 3.94. The highest BCUT2D eigenvalue weighted by Gasteiger charge is 2.23. The van der Waals surface area contributed by atoms with Crippen molar-refractivity contribution in [3.8, 4) is 5.75 Å². The molecule has 3 nitrogen and oxygen atoms in total. The summed E-state index contributed by atoms with van der Waals surface area (Å²) in [7, 11) is 0. The number of aliphatic hydroxyl groups is 1. The van der Waals surface area contributed by atoms with Crippen molar-refractivity contribution in [2.24, 2.45) is 4.99 Å². The van der Waals surface area contributed by atoms with Crippen LogP contribution in [0.25, 0.3) is 0 Å². The molecule has 0 aromatic heterocycles. The largest absolute Gasteiger partial charge is 0.457 e. The van der Waals surface area contributed by atoms with Gasteiger partial charge in [-0.3, -0.25) is 0 Å². The molecule has 1 unspecified atom stereocenters. The lowest BCUT2D eigenvalue weighted by Crippen LogP contribution is -2.29. The molecule has 0 bridgehead atoms. The van der Waals surface area contributed by atoms with E-state index in [1.54, 1.807) is 18.2 Å².